The predicted molar refractivity (Wildman–Crippen MR) is 77.3 cm³/mol. The Morgan fingerprint density at radius 3 is 2.28 bits per heavy atom. The van der Waals surface area contributed by atoms with Gasteiger partial charge in [-0.15, -0.1) is 0 Å². The van der Waals surface area contributed by atoms with Gasteiger partial charge in [-0.05, 0) is 30.6 Å². The molecule has 18 heavy (non-hydrogen) atoms. The van der Waals surface area contributed by atoms with Crippen LogP contribution in [0.5, 0.6) is 0 Å². The number of hydrogen-bond donors (Lipinski definition) is 0. The largest absolute Gasteiger partial charge is 0.299 e. The molecule has 0 N–H and O–H groups in total. The Kier molecular flexibility index (Phi) is 3.78. The summed E-state index contributed by atoms with van der Waals surface area (Å²) in [6, 6.07) is 10.9. The molecule has 2 unspecified atom stereocenters. The summed E-state index contributed by atoms with van der Waals surface area (Å²) in [6.07, 6.45) is 0. The molecule has 0 spiro atoms. The standard InChI is InChI=1S/C17H23N/c1-5-18(6-2)16-15(17(16,3)4)13-12-14-10-8-7-9-11-14/h7-11,15-16H,5-6H2,1-4H3. The zero-order valence-corrected chi connectivity index (χ0v) is 11.9. The fourth-order valence-electron chi connectivity index (χ4n) is 2.86. The van der Waals surface area contributed by atoms with E-state index in [-0.39, 0.29) is 0 Å². The van der Waals surface area contributed by atoms with Crippen LogP contribution in [-0.2, 0) is 0 Å². The molecular formula is C17H23N. The van der Waals surface area contributed by atoms with Crippen LogP contribution >= 0.6 is 0 Å². The second-order valence-electron chi connectivity index (χ2n) is 5.60. The Bertz CT molecular complexity index is 445. The first-order valence-corrected chi connectivity index (χ1v) is 6.91. The molecule has 96 valence electrons. The molecule has 2 atom stereocenters. The second kappa shape index (κ2) is 5.16. The molecule has 0 saturated heterocycles. The van der Waals surface area contributed by atoms with Crippen LogP contribution in [0.25, 0.3) is 0 Å². The Balaban J connectivity index is 2.10. The molecule has 0 heterocycles. The van der Waals surface area contributed by atoms with Gasteiger partial charge >= 0.3 is 0 Å². The molecule has 0 bridgehead atoms. The van der Waals surface area contributed by atoms with E-state index in [0.29, 0.717) is 17.4 Å². The lowest BCUT2D eigenvalue weighted by molar-refractivity contribution is 0.259. The van der Waals surface area contributed by atoms with Crippen LogP contribution in [0.15, 0.2) is 30.3 Å². The zero-order chi connectivity index (χ0) is 13.2. The molecule has 1 aliphatic carbocycles. The van der Waals surface area contributed by atoms with E-state index in [1.165, 1.54) is 0 Å². The summed E-state index contributed by atoms with van der Waals surface area (Å²) in [6.45, 7) is 11.4. The van der Waals surface area contributed by atoms with Crippen molar-refractivity contribution in [3.05, 3.63) is 35.9 Å². The molecule has 0 aliphatic heterocycles. The fraction of sp³-hybridized carbons (Fsp3) is 0.529. The lowest BCUT2D eigenvalue weighted by atomic mass is 10.1. The van der Waals surface area contributed by atoms with E-state index in [2.05, 4.69) is 56.6 Å². The third-order valence-electron chi connectivity index (χ3n) is 4.12. The Morgan fingerprint density at radius 2 is 1.72 bits per heavy atom. The molecule has 1 heteroatoms. The molecule has 1 aromatic carbocycles. The van der Waals surface area contributed by atoms with Crippen LogP contribution in [0.2, 0.25) is 0 Å². The van der Waals surface area contributed by atoms with Crippen LogP contribution in [0, 0.1) is 23.2 Å². The number of benzene rings is 1. The van der Waals surface area contributed by atoms with Crippen LogP contribution in [0.4, 0.5) is 0 Å². The van der Waals surface area contributed by atoms with Crippen LogP contribution in [0.3, 0.4) is 0 Å². The summed E-state index contributed by atoms with van der Waals surface area (Å²) in [7, 11) is 0. The molecule has 1 nitrogen and oxygen atoms in total. The Labute approximate surface area is 111 Å². The normalized spacial score (nSPS) is 24.5. The maximum absolute atomic E-state index is 3.47. The molecule has 1 aromatic rings. The zero-order valence-electron chi connectivity index (χ0n) is 11.9. The van der Waals surface area contributed by atoms with Gasteiger partial charge in [-0.3, -0.25) is 4.90 Å². The topological polar surface area (TPSA) is 3.24 Å². The summed E-state index contributed by atoms with van der Waals surface area (Å²) in [5, 5.41) is 0. The van der Waals surface area contributed by atoms with Gasteiger partial charge in [0.2, 0.25) is 0 Å². The second-order valence-corrected chi connectivity index (χ2v) is 5.60. The van der Waals surface area contributed by atoms with Crippen molar-refractivity contribution >= 4 is 0 Å². The van der Waals surface area contributed by atoms with Crippen LogP contribution in [-0.4, -0.2) is 24.0 Å². The van der Waals surface area contributed by atoms with E-state index >= 15 is 0 Å². The van der Waals surface area contributed by atoms with Crippen molar-refractivity contribution in [1.29, 1.82) is 0 Å². The first-order chi connectivity index (χ1) is 8.61. The van der Waals surface area contributed by atoms with Crippen molar-refractivity contribution in [2.45, 2.75) is 33.7 Å². The van der Waals surface area contributed by atoms with Gasteiger partial charge in [-0.25, -0.2) is 0 Å². The molecule has 0 amide bonds. The van der Waals surface area contributed by atoms with Gasteiger partial charge in [-0.1, -0.05) is 57.7 Å². The highest BCUT2D eigenvalue weighted by molar-refractivity contribution is 5.37. The van der Waals surface area contributed by atoms with Crippen molar-refractivity contribution < 1.29 is 0 Å². The third-order valence-corrected chi connectivity index (χ3v) is 4.12. The molecule has 2 rings (SSSR count). The fourth-order valence-corrected chi connectivity index (χ4v) is 2.86. The summed E-state index contributed by atoms with van der Waals surface area (Å²) in [4.78, 5) is 2.53. The average molecular weight is 241 g/mol. The first kappa shape index (κ1) is 13.2. The van der Waals surface area contributed by atoms with E-state index in [0.717, 1.165) is 18.7 Å². The highest BCUT2D eigenvalue weighted by Gasteiger charge is 2.59. The molecule has 1 aliphatic rings. The van der Waals surface area contributed by atoms with Gasteiger partial charge in [0, 0.05) is 17.5 Å². The monoisotopic (exact) mass is 241 g/mol. The summed E-state index contributed by atoms with van der Waals surface area (Å²) in [5.74, 6) is 7.30. The van der Waals surface area contributed by atoms with Crippen LogP contribution in [0.1, 0.15) is 33.3 Å². The van der Waals surface area contributed by atoms with Gasteiger partial charge in [0.25, 0.3) is 0 Å². The number of nitrogens with zero attached hydrogens (tertiary/aromatic N) is 1. The molecule has 1 saturated carbocycles. The van der Waals surface area contributed by atoms with Crippen molar-refractivity contribution in [3.63, 3.8) is 0 Å². The molecule has 0 aromatic heterocycles. The third kappa shape index (κ3) is 2.44. The minimum Gasteiger partial charge on any atom is -0.299 e. The van der Waals surface area contributed by atoms with E-state index in [1.807, 2.05) is 18.2 Å². The van der Waals surface area contributed by atoms with Gasteiger partial charge in [-0.2, -0.15) is 0 Å². The maximum atomic E-state index is 3.47. The minimum atomic E-state index is 0.341. The molecular weight excluding hydrogens is 218 g/mol. The van der Waals surface area contributed by atoms with E-state index < -0.39 is 0 Å². The van der Waals surface area contributed by atoms with E-state index in [1.54, 1.807) is 0 Å². The van der Waals surface area contributed by atoms with Crippen molar-refractivity contribution in [3.8, 4) is 11.8 Å². The van der Waals surface area contributed by atoms with Crippen molar-refractivity contribution in [2.75, 3.05) is 13.1 Å². The predicted octanol–water partition coefficient (Wildman–Crippen LogP) is 3.40. The minimum absolute atomic E-state index is 0.341. The lowest BCUT2D eigenvalue weighted by Gasteiger charge is -2.19. The molecule has 1 fully saturated rings. The average Bonchev–Trinajstić information content (AvgIpc) is 2.92. The lowest BCUT2D eigenvalue weighted by Crippen LogP contribution is -2.28. The highest BCUT2D eigenvalue weighted by atomic mass is 15.2. The van der Waals surface area contributed by atoms with Gasteiger partial charge in [0.05, 0.1) is 0 Å². The molecule has 0 radical (unpaired) electrons. The van der Waals surface area contributed by atoms with E-state index in [9.17, 15) is 0 Å². The van der Waals surface area contributed by atoms with Crippen molar-refractivity contribution in [2.24, 2.45) is 11.3 Å². The first-order valence-electron chi connectivity index (χ1n) is 6.91. The van der Waals surface area contributed by atoms with Crippen LogP contribution < -0.4 is 0 Å². The van der Waals surface area contributed by atoms with Gasteiger partial charge < -0.3 is 0 Å². The SMILES string of the molecule is CCN(CC)C1C(C#Cc2ccccc2)C1(C)C. The Hall–Kier alpha value is -1.26. The van der Waals surface area contributed by atoms with Crippen molar-refractivity contribution in [1.82, 2.24) is 4.90 Å². The summed E-state index contributed by atoms with van der Waals surface area (Å²) >= 11 is 0. The summed E-state index contributed by atoms with van der Waals surface area (Å²) in [5.41, 5.74) is 1.46. The maximum Gasteiger partial charge on any atom is 0.0434 e. The van der Waals surface area contributed by atoms with Gasteiger partial charge in [0.1, 0.15) is 0 Å². The highest BCUT2D eigenvalue weighted by Crippen LogP contribution is 2.54. The number of rotatable bonds is 3. The van der Waals surface area contributed by atoms with Gasteiger partial charge in [0.15, 0.2) is 0 Å². The number of hydrogen-bond acceptors (Lipinski definition) is 1. The Morgan fingerprint density at radius 1 is 1.11 bits per heavy atom. The smallest absolute Gasteiger partial charge is 0.0434 e. The quantitative estimate of drug-likeness (QED) is 0.733. The van der Waals surface area contributed by atoms with E-state index in [4.69, 9.17) is 0 Å². The summed E-state index contributed by atoms with van der Waals surface area (Å²) < 4.78 is 0.